The molecular formula is C10H6ClFN2O. The van der Waals surface area contributed by atoms with Crippen LogP contribution in [0.3, 0.4) is 0 Å². The number of carbonyl (C=O) groups is 1. The van der Waals surface area contributed by atoms with E-state index in [0.29, 0.717) is 22.6 Å². The van der Waals surface area contributed by atoms with E-state index in [-0.39, 0.29) is 5.69 Å². The number of hydrogen-bond donors (Lipinski definition) is 1. The lowest BCUT2D eigenvalue weighted by Gasteiger charge is -1.98. The molecule has 0 unspecified atom stereocenters. The highest BCUT2D eigenvalue weighted by molar-refractivity contribution is 6.30. The molecule has 1 aromatic heterocycles. The van der Waals surface area contributed by atoms with Crippen molar-refractivity contribution in [1.82, 2.24) is 10.2 Å². The molecule has 0 saturated carbocycles. The molecule has 5 heteroatoms. The summed E-state index contributed by atoms with van der Waals surface area (Å²) in [5.74, 6) is -0.431. The van der Waals surface area contributed by atoms with E-state index in [9.17, 15) is 9.18 Å². The maximum Gasteiger partial charge on any atom is 0.170 e. The topological polar surface area (TPSA) is 45.8 Å². The fraction of sp³-hybridized carbons (Fsp3) is 0. The molecule has 0 atom stereocenters. The molecule has 0 amide bonds. The number of H-pyrrole nitrogens is 1. The first-order chi connectivity index (χ1) is 7.19. The van der Waals surface area contributed by atoms with E-state index in [2.05, 4.69) is 10.2 Å². The van der Waals surface area contributed by atoms with E-state index >= 15 is 0 Å². The number of nitrogens with one attached hydrogen (secondary N) is 1. The molecule has 0 fully saturated rings. The van der Waals surface area contributed by atoms with Crippen LogP contribution in [-0.2, 0) is 0 Å². The normalized spacial score (nSPS) is 10.3. The van der Waals surface area contributed by atoms with E-state index in [1.807, 2.05) is 0 Å². The zero-order chi connectivity index (χ0) is 10.8. The van der Waals surface area contributed by atoms with Crippen LogP contribution in [0.2, 0.25) is 5.02 Å². The van der Waals surface area contributed by atoms with Crippen molar-refractivity contribution in [2.75, 3.05) is 0 Å². The van der Waals surface area contributed by atoms with Gasteiger partial charge >= 0.3 is 0 Å². The predicted octanol–water partition coefficient (Wildman–Crippen LogP) is 2.68. The molecule has 1 N–H and O–H groups in total. The van der Waals surface area contributed by atoms with Crippen LogP contribution in [-0.4, -0.2) is 16.5 Å². The van der Waals surface area contributed by atoms with Gasteiger partial charge in [0.15, 0.2) is 6.29 Å². The average molecular weight is 225 g/mol. The molecule has 0 spiro atoms. The van der Waals surface area contributed by atoms with Crippen LogP contribution in [0.5, 0.6) is 0 Å². The van der Waals surface area contributed by atoms with Crippen molar-refractivity contribution < 1.29 is 9.18 Å². The summed E-state index contributed by atoms with van der Waals surface area (Å²) >= 11 is 5.70. The minimum atomic E-state index is -0.431. The fourth-order valence-electron chi connectivity index (χ4n) is 1.25. The summed E-state index contributed by atoms with van der Waals surface area (Å²) in [6, 6.07) is 5.64. The van der Waals surface area contributed by atoms with Crippen molar-refractivity contribution in [2.45, 2.75) is 0 Å². The number of aromatic nitrogens is 2. The van der Waals surface area contributed by atoms with Gasteiger partial charge in [-0.2, -0.15) is 5.10 Å². The second-order valence-electron chi connectivity index (χ2n) is 2.98. The Morgan fingerprint density at radius 1 is 1.33 bits per heavy atom. The minimum absolute atomic E-state index is 0.269. The molecule has 2 aromatic rings. The SMILES string of the molecule is O=Cc1cc(-c2cc(F)cc(Cl)c2)[nH]n1. The van der Waals surface area contributed by atoms with Gasteiger partial charge in [-0.05, 0) is 24.3 Å². The molecule has 0 saturated heterocycles. The molecule has 0 radical (unpaired) electrons. The van der Waals surface area contributed by atoms with Crippen LogP contribution in [0, 0.1) is 5.82 Å². The van der Waals surface area contributed by atoms with E-state index < -0.39 is 5.82 Å². The maximum atomic E-state index is 13.0. The molecule has 0 aliphatic carbocycles. The lowest BCUT2D eigenvalue weighted by molar-refractivity contribution is 0.111. The smallest absolute Gasteiger partial charge is 0.170 e. The quantitative estimate of drug-likeness (QED) is 0.798. The van der Waals surface area contributed by atoms with Crippen molar-refractivity contribution in [3.8, 4) is 11.3 Å². The third kappa shape index (κ3) is 2.05. The van der Waals surface area contributed by atoms with Crippen molar-refractivity contribution in [3.63, 3.8) is 0 Å². The maximum absolute atomic E-state index is 13.0. The van der Waals surface area contributed by atoms with Crippen molar-refractivity contribution in [1.29, 1.82) is 0 Å². The van der Waals surface area contributed by atoms with Crippen molar-refractivity contribution in [2.24, 2.45) is 0 Å². The van der Waals surface area contributed by atoms with Gasteiger partial charge in [0, 0.05) is 10.6 Å². The Morgan fingerprint density at radius 3 is 2.73 bits per heavy atom. The third-order valence-corrected chi connectivity index (χ3v) is 2.11. The Labute approximate surface area is 89.9 Å². The van der Waals surface area contributed by atoms with Gasteiger partial charge in [-0.15, -0.1) is 0 Å². The van der Waals surface area contributed by atoms with Crippen molar-refractivity contribution in [3.05, 3.63) is 40.8 Å². The van der Waals surface area contributed by atoms with Crippen LogP contribution in [0.25, 0.3) is 11.3 Å². The Hall–Kier alpha value is -1.68. The van der Waals surface area contributed by atoms with Gasteiger partial charge in [0.1, 0.15) is 11.5 Å². The molecule has 0 aliphatic rings. The zero-order valence-electron chi connectivity index (χ0n) is 7.50. The first-order valence-electron chi connectivity index (χ1n) is 4.16. The van der Waals surface area contributed by atoms with Gasteiger partial charge in [0.25, 0.3) is 0 Å². The number of hydrogen-bond acceptors (Lipinski definition) is 2. The number of nitrogens with zero attached hydrogens (tertiary/aromatic N) is 1. The van der Waals surface area contributed by atoms with E-state index in [1.54, 1.807) is 6.07 Å². The zero-order valence-corrected chi connectivity index (χ0v) is 8.25. The van der Waals surface area contributed by atoms with Gasteiger partial charge in [-0.25, -0.2) is 4.39 Å². The summed E-state index contributed by atoms with van der Waals surface area (Å²) in [6.45, 7) is 0. The first-order valence-corrected chi connectivity index (χ1v) is 4.54. The van der Waals surface area contributed by atoms with Crippen molar-refractivity contribution >= 4 is 17.9 Å². The average Bonchev–Trinajstić information content (AvgIpc) is 2.64. The summed E-state index contributed by atoms with van der Waals surface area (Å²) in [5, 5.41) is 6.63. The van der Waals surface area contributed by atoms with Gasteiger partial charge in [-0.1, -0.05) is 11.6 Å². The first kappa shape index (κ1) is 9.86. The highest BCUT2D eigenvalue weighted by Crippen LogP contribution is 2.22. The molecule has 3 nitrogen and oxygen atoms in total. The molecule has 15 heavy (non-hydrogen) atoms. The molecule has 0 aliphatic heterocycles. The summed E-state index contributed by atoms with van der Waals surface area (Å²) in [6.07, 6.45) is 0.612. The Bertz CT molecular complexity index is 490. The van der Waals surface area contributed by atoms with Gasteiger partial charge in [0.05, 0.1) is 5.69 Å². The molecule has 0 bridgehead atoms. The second kappa shape index (κ2) is 3.82. The molecule has 2 rings (SSSR count). The minimum Gasteiger partial charge on any atom is -0.296 e. The fourth-order valence-corrected chi connectivity index (χ4v) is 1.48. The Balaban J connectivity index is 2.48. The Morgan fingerprint density at radius 2 is 2.13 bits per heavy atom. The third-order valence-electron chi connectivity index (χ3n) is 1.89. The van der Waals surface area contributed by atoms with Gasteiger partial charge < -0.3 is 0 Å². The summed E-state index contributed by atoms with van der Waals surface area (Å²) < 4.78 is 13.0. The number of benzene rings is 1. The van der Waals surface area contributed by atoms with Gasteiger partial charge in [0.2, 0.25) is 0 Å². The predicted molar refractivity (Wildman–Crippen MR) is 54.4 cm³/mol. The number of carbonyl (C=O) groups excluding carboxylic acids is 1. The number of aromatic amines is 1. The molecule has 1 aromatic carbocycles. The number of aldehydes is 1. The number of halogens is 2. The van der Waals surface area contributed by atoms with Crippen LogP contribution < -0.4 is 0 Å². The highest BCUT2D eigenvalue weighted by Gasteiger charge is 2.05. The van der Waals surface area contributed by atoms with E-state index in [0.717, 1.165) is 0 Å². The van der Waals surface area contributed by atoms with Crippen LogP contribution in [0.1, 0.15) is 10.5 Å². The molecule has 1 heterocycles. The van der Waals surface area contributed by atoms with Crippen LogP contribution in [0.4, 0.5) is 4.39 Å². The molecular weight excluding hydrogens is 219 g/mol. The monoisotopic (exact) mass is 224 g/mol. The van der Waals surface area contributed by atoms with E-state index in [4.69, 9.17) is 11.6 Å². The van der Waals surface area contributed by atoms with Crippen LogP contribution in [0.15, 0.2) is 24.3 Å². The van der Waals surface area contributed by atoms with E-state index in [1.165, 1.54) is 18.2 Å². The molecule has 76 valence electrons. The standard InChI is InChI=1S/C10H6ClFN2O/c11-7-1-6(2-8(12)3-7)10-4-9(5-15)13-14-10/h1-5H,(H,13,14). The number of rotatable bonds is 2. The highest BCUT2D eigenvalue weighted by atomic mass is 35.5. The largest absolute Gasteiger partial charge is 0.296 e. The van der Waals surface area contributed by atoms with Gasteiger partial charge in [-0.3, -0.25) is 9.89 Å². The summed E-state index contributed by atoms with van der Waals surface area (Å²) in [4.78, 5) is 10.4. The lowest BCUT2D eigenvalue weighted by Crippen LogP contribution is -1.81. The summed E-state index contributed by atoms with van der Waals surface area (Å²) in [7, 11) is 0. The summed E-state index contributed by atoms with van der Waals surface area (Å²) in [5.41, 5.74) is 1.38. The lowest BCUT2D eigenvalue weighted by atomic mass is 10.1. The van der Waals surface area contributed by atoms with Crippen LogP contribution >= 0.6 is 11.6 Å². The Kier molecular flexibility index (Phi) is 2.51. The second-order valence-corrected chi connectivity index (χ2v) is 3.42.